The normalized spacial score (nSPS) is 11.2. The topological polar surface area (TPSA) is 107 Å². The second-order valence-electron chi connectivity index (χ2n) is 6.75. The van der Waals surface area contributed by atoms with E-state index in [2.05, 4.69) is 33.5 Å². The van der Waals surface area contributed by atoms with Crippen LogP contribution in [0.5, 0.6) is 0 Å². The molecule has 0 unspecified atom stereocenters. The molecule has 3 aromatic heterocycles. The predicted octanol–water partition coefficient (Wildman–Crippen LogP) is 3.56. The van der Waals surface area contributed by atoms with Crippen molar-refractivity contribution in [2.24, 2.45) is 0 Å². The van der Waals surface area contributed by atoms with E-state index < -0.39 is 0 Å². The first kappa shape index (κ1) is 21.5. The number of nitrogens with two attached hydrogens (primary N) is 1. The molecule has 0 saturated carbocycles. The molecule has 31 heavy (non-hydrogen) atoms. The maximum absolute atomic E-state index is 8.96. The summed E-state index contributed by atoms with van der Waals surface area (Å²) in [4.78, 5) is 13.3. The zero-order valence-electron chi connectivity index (χ0n) is 17.1. The van der Waals surface area contributed by atoms with Crippen molar-refractivity contribution in [3.8, 4) is 22.4 Å². The number of hydrogen-bond donors (Lipinski definition) is 3. The average Bonchev–Trinajstić information content (AvgIpc) is 3.13. The van der Waals surface area contributed by atoms with E-state index in [1.807, 2.05) is 24.4 Å². The SMILES string of the molecule is COCCSc1sc2nc(-c3cnc(NCCO)[nH+]c3)cc(-c3ccccc3)c2c1N. The van der Waals surface area contributed by atoms with Crippen molar-refractivity contribution in [3.63, 3.8) is 0 Å². The van der Waals surface area contributed by atoms with Gasteiger partial charge in [0.15, 0.2) is 0 Å². The van der Waals surface area contributed by atoms with E-state index in [1.54, 1.807) is 36.4 Å². The highest BCUT2D eigenvalue weighted by molar-refractivity contribution is 8.01. The number of H-pyrrole nitrogens is 1. The first-order chi connectivity index (χ1) is 15.2. The van der Waals surface area contributed by atoms with Gasteiger partial charge in [0, 0.05) is 18.2 Å². The van der Waals surface area contributed by atoms with Gasteiger partial charge in [0.1, 0.15) is 11.0 Å². The van der Waals surface area contributed by atoms with Crippen LogP contribution in [0.15, 0.2) is 53.0 Å². The molecule has 0 saturated heterocycles. The molecule has 0 spiro atoms. The minimum Gasteiger partial charge on any atom is -0.397 e. The fraction of sp³-hybridized carbons (Fsp3) is 0.227. The maximum Gasteiger partial charge on any atom is 0.389 e. The van der Waals surface area contributed by atoms with E-state index in [4.69, 9.17) is 20.6 Å². The molecule has 160 valence electrons. The van der Waals surface area contributed by atoms with Gasteiger partial charge in [-0.1, -0.05) is 35.3 Å². The zero-order chi connectivity index (χ0) is 21.6. The summed E-state index contributed by atoms with van der Waals surface area (Å²) in [6.07, 6.45) is 3.63. The second-order valence-corrected chi connectivity index (χ2v) is 9.11. The smallest absolute Gasteiger partial charge is 0.389 e. The molecule has 0 bridgehead atoms. The van der Waals surface area contributed by atoms with Gasteiger partial charge >= 0.3 is 5.95 Å². The Balaban J connectivity index is 1.80. The molecule has 0 fully saturated rings. The molecular formula is C22H24N5O2S2+. The lowest BCUT2D eigenvalue weighted by Crippen LogP contribution is -2.17. The van der Waals surface area contributed by atoms with Crippen LogP contribution in [0.25, 0.3) is 32.6 Å². The first-order valence-corrected chi connectivity index (χ1v) is 11.6. The lowest BCUT2D eigenvalue weighted by Gasteiger charge is -2.08. The monoisotopic (exact) mass is 454 g/mol. The Labute approximate surface area is 188 Å². The third kappa shape index (κ3) is 4.80. The lowest BCUT2D eigenvalue weighted by molar-refractivity contribution is -0.364. The van der Waals surface area contributed by atoms with Gasteiger partial charge < -0.3 is 15.6 Å². The molecule has 7 nitrogen and oxygen atoms in total. The third-order valence-electron chi connectivity index (χ3n) is 4.67. The number of nitrogens with one attached hydrogen (secondary N) is 2. The number of aliphatic hydroxyl groups is 1. The van der Waals surface area contributed by atoms with E-state index in [-0.39, 0.29) is 6.61 Å². The van der Waals surface area contributed by atoms with Crippen molar-refractivity contribution in [3.05, 3.63) is 48.8 Å². The largest absolute Gasteiger partial charge is 0.397 e. The van der Waals surface area contributed by atoms with E-state index in [9.17, 15) is 0 Å². The van der Waals surface area contributed by atoms with Gasteiger partial charge in [0.2, 0.25) is 0 Å². The summed E-state index contributed by atoms with van der Waals surface area (Å²) in [7, 11) is 1.70. The molecule has 0 aliphatic carbocycles. The number of nitrogens with zero attached hydrogens (tertiary/aromatic N) is 2. The number of methoxy groups -OCH3 is 1. The Morgan fingerprint density at radius 1 is 1.26 bits per heavy atom. The number of ether oxygens (including phenoxy) is 1. The third-order valence-corrected chi connectivity index (χ3v) is 7.02. The van der Waals surface area contributed by atoms with Gasteiger partial charge in [-0.25, -0.2) is 9.97 Å². The summed E-state index contributed by atoms with van der Waals surface area (Å²) in [5, 5.41) is 13.0. The van der Waals surface area contributed by atoms with Crippen molar-refractivity contribution in [1.82, 2.24) is 9.97 Å². The molecule has 0 atom stereocenters. The summed E-state index contributed by atoms with van der Waals surface area (Å²) >= 11 is 3.30. The number of pyridine rings is 1. The van der Waals surface area contributed by atoms with Crippen molar-refractivity contribution < 1.29 is 14.8 Å². The number of nitrogen functional groups attached to an aromatic ring is 1. The van der Waals surface area contributed by atoms with Crippen molar-refractivity contribution in [2.75, 3.05) is 43.7 Å². The number of aromatic amines is 1. The number of benzene rings is 1. The van der Waals surface area contributed by atoms with Crippen LogP contribution < -0.4 is 16.0 Å². The Morgan fingerprint density at radius 3 is 2.81 bits per heavy atom. The van der Waals surface area contributed by atoms with Gasteiger partial charge in [0.05, 0.1) is 47.1 Å². The van der Waals surface area contributed by atoms with Crippen LogP contribution >= 0.6 is 23.1 Å². The van der Waals surface area contributed by atoms with E-state index >= 15 is 0 Å². The quantitative estimate of drug-likeness (QED) is 0.262. The van der Waals surface area contributed by atoms with Crippen LogP contribution in [0.3, 0.4) is 0 Å². The zero-order valence-corrected chi connectivity index (χ0v) is 18.7. The number of anilines is 2. The first-order valence-electron chi connectivity index (χ1n) is 9.84. The number of thiophene rings is 1. The number of hydrogen-bond acceptors (Lipinski definition) is 8. The predicted molar refractivity (Wildman–Crippen MR) is 127 cm³/mol. The van der Waals surface area contributed by atoms with Crippen LogP contribution in [0, 0.1) is 0 Å². The Hall–Kier alpha value is -2.72. The van der Waals surface area contributed by atoms with Crippen LogP contribution in [0.1, 0.15) is 0 Å². The van der Waals surface area contributed by atoms with Crippen molar-refractivity contribution in [1.29, 1.82) is 0 Å². The molecule has 0 aliphatic heterocycles. The van der Waals surface area contributed by atoms with E-state index in [1.165, 1.54) is 0 Å². The summed E-state index contributed by atoms with van der Waals surface area (Å²) in [5.41, 5.74) is 11.2. The fourth-order valence-electron chi connectivity index (χ4n) is 3.18. The molecule has 1 aromatic carbocycles. The minimum absolute atomic E-state index is 0.0421. The van der Waals surface area contributed by atoms with Gasteiger partial charge in [-0.15, -0.1) is 23.1 Å². The van der Waals surface area contributed by atoms with Gasteiger partial charge in [-0.3, -0.25) is 5.32 Å². The van der Waals surface area contributed by atoms with Crippen LogP contribution in [-0.2, 0) is 4.74 Å². The van der Waals surface area contributed by atoms with Crippen LogP contribution in [-0.4, -0.2) is 47.7 Å². The van der Waals surface area contributed by atoms with Gasteiger partial charge in [0.25, 0.3) is 0 Å². The molecule has 9 heteroatoms. The average molecular weight is 455 g/mol. The summed E-state index contributed by atoms with van der Waals surface area (Å²) in [6.45, 7) is 1.14. The molecule has 0 amide bonds. The maximum atomic E-state index is 8.96. The van der Waals surface area contributed by atoms with Crippen LogP contribution in [0.2, 0.25) is 0 Å². The highest BCUT2D eigenvalue weighted by Gasteiger charge is 2.19. The van der Waals surface area contributed by atoms with E-state index in [0.29, 0.717) is 19.1 Å². The lowest BCUT2D eigenvalue weighted by atomic mass is 10.0. The second kappa shape index (κ2) is 10.1. The number of thioether (sulfide) groups is 1. The van der Waals surface area contributed by atoms with Crippen molar-refractivity contribution >= 4 is 45.0 Å². The molecule has 0 aliphatic rings. The number of rotatable bonds is 9. The van der Waals surface area contributed by atoms with Gasteiger partial charge in [-0.05, 0) is 17.2 Å². The number of aliphatic hydroxyl groups excluding tert-OH is 1. The molecule has 0 radical (unpaired) electrons. The van der Waals surface area contributed by atoms with Crippen molar-refractivity contribution in [2.45, 2.75) is 4.21 Å². The minimum atomic E-state index is 0.0421. The molecule has 4 rings (SSSR count). The van der Waals surface area contributed by atoms with E-state index in [0.717, 1.165) is 48.3 Å². The molecule has 5 N–H and O–H groups in total. The Bertz CT molecular complexity index is 1150. The standard InChI is InChI=1S/C22H23N5O2S2/c1-29-9-10-30-21-19(23)18-16(14-5-3-2-4-6-14)11-17(27-20(18)31-21)15-12-25-22(26-13-15)24-7-8-28/h2-6,11-13,28H,7-10,23H2,1H3,(H,24,25,26)/p+1. The summed E-state index contributed by atoms with van der Waals surface area (Å²) in [6, 6.07) is 12.3. The number of aromatic nitrogens is 3. The highest BCUT2D eigenvalue weighted by atomic mass is 32.2. The number of fused-ring (bicyclic) bond motifs is 1. The molecular weight excluding hydrogens is 430 g/mol. The van der Waals surface area contributed by atoms with Crippen LogP contribution in [0.4, 0.5) is 11.6 Å². The van der Waals surface area contributed by atoms with Gasteiger partial charge in [-0.2, -0.15) is 0 Å². The summed E-state index contributed by atoms with van der Waals surface area (Å²) in [5.74, 6) is 1.43. The highest BCUT2D eigenvalue weighted by Crippen LogP contribution is 2.44. The molecule has 4 aromatic rings. The fourth-order valence-corrected chi connectivity index (χ4v) is 5.45. The molecule has 3 heterocycles. The summed E-state index contributed by atoms with van der Waals surface area (Å²) < 4.78 is 6.24. The Kier molecular flexibility index (Phi) is 6.98. The Morgan fingerprint density at radius 2 is 2.10 bits per heavy atom.